The van der Waals surface area contributed by atoms with E-state index in [0.29, 0.717) is 18.5 Å². The first kappa shape index (κ1) is 16.9. The second-order valence-electron chi connectivity index (χ2n) is 6.47. The van der Waals surface area contributed by atoms with Crippen LogP contribution in [0, 0.1) is 0 Å². The zero-order chi connectivity index (χ0) is 15.2. The van der Waals surface area contributed by atoms with Gasteiger partial charge in [0, 0.05) is 17.8 Å². The Kier molecular flexibility index (Phi) is 6.59. The van der Waals surface area contributed by atoms with Crippen molar-refractivity contribution in [2.75, 3.05) is 12.8 Å². The van der Waals surface area contributed by atoms with Gasteiger partial charge in [-0.05, 0) is 42.6 Å². The first-order chi connectivity index (χ1) is 10.1. The average molecular weight is 308 g/mol. The maximum atomic E-state index is 10.3. The molecule has 1 aliphatic rings. The van der Waals surface area contributed by atoms with Crippen LogP contribution in [0.5, 0.6) is 0 Å². The number of thioether (sulfide) groups is 1. The summed E-state index contributed by atoms with van der Waals surface area (Å²) in [7, 11) is 0. The molecule has 0 amide bonds. The van der Waals surface area contributed by atoms with Crippen molar-refractivity contribution in [3.8, 4) is 0 Å². The monoisotopic (exact) mass is 307 g/mol. The van der Waals surface area contributed by atoms with Crippen LogP contribution in [0.3, 0.4) is 0 Å². The summed E-state index contributed by atoms with van der Waals surface area (Å²) in [6.45, 7) is 5.04. The second kappa shape index (κ2) is 8.21. The lowest BCUT2D eigenvalue weighted by Gasteiger charge is -2.29. The van der Waals surface area contributed by atoms with E-state index in [4.69, 9.17) is 0 Å². The molecule has 3 unspecified atom stereocenters. The van der Waals surface area contributed by atoms with Crippen molar-refractivity contribution < 1.29 is 5.11 Å². The molecule has 0 aromatic heterocycles. The predicted molar refractivity (Wildman–Crippen MR) is 93.1 cm³/mol. The Bertz CT molecular complexity index is 418. The first-order valence-electron chi connectivity index (χ1n) is 8.14. The van der Waals surface area contributed by atoms with E-state index < -0.39 is 6.10 Å². The van der Waals surface area contributed by atoms with Gasteiger partial charge < -0.3 is 10.4 Å². The van der Waals surface area contributed by atoms with Gasteiger partial charge in [0.1, 0.15) is 0 Å². The average Bonchev–Trinajstić information content (AvgIpc) is 2.53. The molecule has 21 heavy (non-hydrogen) atoms. The van der Waals surface area contributed by atoms with Crippen LogP contribution < -0.4 is 5.32 Å². The molecule has 0 heterocycles. The molecule has 3 atom stereocenters. The zero-order valence-corrected chi connectivity index (χ0v) is 14.3. The number of hydrogen-bond donors (Lipinski definition) is 2. The summed E-state index contributed by atoms with van der Waals surface area (Å²) in [5, 5.41) is 14.7. The Morgan fingerprint density at radius 1 is 1.19 bits per heavy atom. The topological polar surface area (TPSA) is 32.3 Å². The van der Waals surface area contributed by atoms with Gasteiger partial charge in [0.25, 0.3) is 0 Å². The van der Waals surface area contributed by atoms with Crippen LogP contribution in [-0.2, 0) is 0 Å². The third-order valence-electron chi connectivity index (χ3n) is 4.55. The van der Waals surface area contributed by atoms with E-state index in [9.17, 15) is 5.11 Å². The fourth-order valence-corrected chi connectivity index (χ4v) is 3.87. The quantitative estimate of drug-likeness (QED) is 0.829. The van der Waals surface area contributed by atoms with Crippen molar-refractivity contribution >= 4 is 11.8 Å². The van der Waals surface area contributed by atoms with Crippen LogP contribution in [0.1, 0.15) is 62.7 Å². The molecule has 1 saturated carbocycles. The largest absolute Gasteiger partial charge is 0.387 e. The predicted octanol–water partition coefficient (Wildman–Crippen LogP) is 4.11. The van der Waals surface area contributed by atoms with Gasteiger partial charge in [0.2, 0.25) is 0 Å². The molecule has 118 valence electrons. The van der Waals surface area contributed by atoms with Gasteiger partial charge in [0.15, 0.2) is 0 Å². The highest BCUT2D eigenvalue weighted by atomic mass is 32.2. The van der Waals surface area contributed by atoms with Gasteiger partial charge in [0.05, 0.1) is 6.10 Å². The molecular formula is C18H29NOS. The summed E-state index contributed by atoms with van der Waals surface area (Å²) in [6.07, 6.45) is 6.94. The number of rotatable bonds is 6. The van der Waals surface area contributed by atoms with Gasteiger partial charge in [-0.15, -0.1) is 0 Å². The normalized spacial score (nSPS) is 24.2. The Balaban J connectivity index is 1.82. The molecule has 1 aromatic rings. The van der Waals surface area contributed by atoms with Crippen molar-refractivity contribution in [3.05, 3.63) is 35.4 Å². The molecule has 3 heteroatoms. The molecule has 0 bridgehead atoms. The summed E-state index contributed by atoms with van der Waals surface area (Å²) in [6, 6.07) is 8.96. The van der Waals surface area contributed by atoms with Crippen molar-refractivity contribution in [3.63, 3.8) is 0 Å². The fourth-order valence-electron chi connectivity index (χ4n) is 3.04. The van der Waals surface area contributed by atoms with E-state index in [1.165, 1.54) is 31.2 Å². The summed E-state index contributed by atoms with van der Waals surface area (Å²) in [5.41, 5.74) is 2.35. The maximum Gasteiger partial charge on any atom is 0.0914 e. The van der Waals surface area contributed by atoms with E-state index >= 15 is 0 Å². The minimum absolute atomic E-state index is 0.402. The Labute approximate surface area is 133 Å². The molecule has 2 rings (SSSR count). The van der Waals surface area contributed by atoms with Gasteiger partial charge in [-0.1, -0.05) is 44.5 Å². The van der Waals surface area contributed by atoms with E-state index in [0.717, 1.165) is 10.8 Å². The smallest absolute Gasteiger partial charge is 0.0914 e. The van der Waals surface area contributed by atoms with Crippen molar-refractivity contribution in [2.45, 2.75) is 62.8 Å². The third kappa shape index (κ3) is 5.01. The van der Waals surface area contributed by atoms with Gasteiger partial charge >= 0.3 is 0 Å². The van der Waals surface area contributed by atoms with Crippen LogP contribution in [0.25, 0.3) is 0 Å². The molecule has 0 aliphatic heterocycles. The molecule has 1 aromatic carbocycles. The van der Waals surface area contributed by atoms with E-state index in [2.05, 4.69) is 49.7 Å². The highest BCUT2D eigenvalue weighted by Gasteiger charge is 2.21. The van der Waals surface area contributed by atoms with Crippen LogP contribution in [0.4, 0.5) is 0 Å². The number of hydrogen-bond acceptors (Lipinski definition) is 3. The van der Waals surface area contributed by atoms with Crippen molar-refractivity contribution in [1.82, 2.24) is 5.32 Å². The summed E-state index contributed by atoms with van der Waals surface area (Å²) >= 11 is 1.98. The van der Waals surface area contributed by atoms with E-state index in [1.807, 2.05) is 11.8 Å². The van der Waals surface area contributed by atoms with E-state index in [1.54, 1.807) is 0 Å². The molecule has 1 fully saturated rings. The third-order valence-corrected chi connectivity index (χ3v) is 5.64. The van der Waals surface area contributed by atoms with Crippen LogP contribution in [0.2, 0.25) is 0 Å². The molecule has 2 nitrogen and oxygen atoms in total. The fraction of sp³-hybridized carbons (Fsp3) is 0.667. The Morgan fingerprint density at radius 2 is 1.86 bits per heavy atom. The van der Waals surface area contributed by atoms with Gasteiger partial charge in [-0.25, -0.2) is 0 Å². The molecule has 1 aliphatic carbocycles. The highest BCUT2D eigenvalue weighted by molar-refractivity contribution is 7.99. The molecule has 0 spiro atoms. The number of benzene rings is 1. The summed E-state index contributed by atoms with van der Waals surface area (Å²) < 4.78 is 0. The number of nitrogens with one attached hydrogen (secondary N) is 1. The Hall–Kier alpha value is -0.510. The lowest BCUT2D eigenvalue weighted by molar-refractivity contribution is 0.166. The molecular weight excluding hydrogens is 278 g/mol. The van der Waals surface area contributed by atoms with Crippen molar-refractivity contribution in [1.29, 1.82) is 0 Å². The van der Waals surface area contributed by atoms with Crippen molar-refractivity contribution in [2.24, 2.45) is 0 Å². The molecule has 0 radical (unpaired) electrons. The van der Waals surface area contributed by atoms with Gasteiger partial charge in [-0.3, -0.25) is 0 Å². The minimum atomic E-state index is -0.402. The maximum absolute atomic E-state index is 10.3. The van der Waals surface area contributed by atoms with E-state index in [-0.39, 0.29) is 0 Å². The number of aliphatic hydroxyl groups is 1. The lowest BCUT2D eigenvalue weighted by Crippen LogP contribution is -2.37. The summed E-state index contributed by atoms with van der Waals surface area (Å²) in [5.74, 6) is 0.542. The van der Waals surface area contributed by atoms with Crippen LogP contribution >= 0.6 is 11.8 Å². The zero-order valence-electron chi connectivity index (χ0n) is 13.5. The Morgan fingerprint density at radius 3 is 2.48 bits per heavy atom. The van der Waals surface area contributed by atoms with Gasteiger partial charge in [-0.2, -0.15) is 11.8 Å². The standard InChI is InChI=1S/C18H29NOS/c1-13(2)14-7-9-15(10-8-14)18(20)12-19-16-5-4-6-17(11-16)21-3/h7-10,13,16-20H,4-6,11-12H2,1-3H3. The molecule has 0 saturated heterocycles. The molecule has 2 N–H and O–H groups in total. The highest BCUT2D eigenvalue weighted by Crippen LogP contribution is 2.27. The summed E-state index contributed by atoms with van der Waals surface area (Å²) in [4.78, 5) is 0. The number of aliphatic hydroxyl groups excluding tert-OH is 1. The minimum Gasteiger partial charge on any atom is -0.387 e. The lowest BCUT2D eigenvalue weighted by atomic mass is 9.94. The SMILES string of the molecule is CSC1CCCC(NCC(O)c2ccc(C(C)C)cc2)C1. The van der Waals surface area contributed by atoms with Crippen LogP contribution in [0.15, 0.2) is 24.3 Å². The second-order valence-corrected chi connectivity index (χ2v) is 7.60. The first-order valence-corrected chi connectivity index (χ1v) is 9.43. The van der Waals surface area contributed by atoms with Crippen LogP contribution in [-0.4, -0.2) is 29.2 Å².